The number of nitro groups is 1. The van der Waals surface area contributed by atoms with Crippen LogP contribution in [0.2, 0.25) is 0 Å². The molecule has 0 radical (unpaired) electrons. The van der Waals surface area contributed by atoms with Crippen LogP contribution in [-0.2, 0) is 28.9 Å². The number of ether oxygens (including phenoxy) is 1. The minimum absolute atomic E-state index is 0.0146. The Morgan fingerprint density at radius 3 is 2.87 bits per heavy atom. The molecule has 1 fully saturated rings. The van der Waals surface area contributed by atoms with Crippen LogP contribution in [0.15, 0.2) is 34.1 Å². The zero-order valence-electron chi connectivity index (χ0n) is 17.0. The van der Waals surface area contributed by atoms with Gasteiger partial charge in [0.2, 0.25) is 5.91 Å². The molecule has 1 aromatic carbocycles. The zero-order chi connectivity index (χ0) is 21.8. The summed E-state index contributed by atoms with van der Waals surface area (Å²) >= 11 is 1.20. The Bertz CT molecular complexity index is 1050. The first kappa shape index (κ1) is 21.5. The number of para-hydroxylation sites is 2. The molecule has 164 valence electrons. The predicted molar refractivity (Wildman–Crippen MR) is 117 cm³/mol. The summed E-state index contributed by atoms with van der Waals surface area (Å²) in [6.07, 6.45) is 5.68. The molecule has 1 amide bonds. The Hall–Kier alpha value is -2.72. The smallest absolute Gasteiger partial charge is 0.348 e. The molecule has 2 aliphatic rings. The van der Waals surface area contributed by atoms with Crippen LogP contribution in [0.4, 0.5) is 11.4 Å². The van der Waals surface area contributed by atoms with Crippen LogP contribution in [0.3, 0.4) is 0 Å². The highest BCUT2D eigenvalue weighted by atomic mass is 32.2. The van der Waals surface area contributed by atoms with Gasteiger partial charge >= 0.3 is 5.69 Å². The van der Waals surface area contributed by atoms with Crippen molar-refractivity contribution in [3.05, 3.63) is 56.1 Å². The highest BCUT2D eigenvalue weighted by Crippen LogP contribution is 2.30. The van der Waals surface area contributed by atoms with Gasteiger partial charge in [-0.1, -0.05) is 23.9 Å². The number of nitro benzene ring substituents is 1. The van der Waals surface area contributed by atoms with Crippen LogP contribution in [0.1, 0.15) is 36.9 Å². The van der Waals surface area contributed by atoms with Gasteiger partial charge in [-0.05, 0) is 44.6 Å². The van der Waals surface area contributed by atoms with Crippen molar-refractivity contribution in [2.75, 3.05) is 17.7 Å². The van der Waals surface area contributed by atoms with E-state index in [-0.39, 0.29) is 34.8 Å². The van der Waals surface area contributed by atoms with E-state index in [4.69, 9.17) is 4.74 Å². The van der Waals surface area contributed by atoms with E-state index in [1.807, 2.05) is 0 Å². The largest absolute Gasteiger partial charge is 0.376 e. The molecule has 0 spiro atoms. The second kappa shape index (κ2) is 9.61. The van der Waals surface area contributed by atoms with Crippen LogP contribution in [-0.4, -0.2) is 38.8 Å². The maximum atomic E-state index is 12.8. The molecule has 2 heterocycles. The first-order valence-corrected chi connectivity index (χ1v) is 11.4. The van der Waals surface area contributed by atoms with E-state index in [9.17, 15) is 19.7 Å². The molecule has 1 aliphatic carbocycles. The molecule has 1 unspecified atom stereocenters. The number of amides is 1. The van der Waals surface area contributed by atoms with Crippen molar-refractivity contribution in [2.45, 2.75) is 56.2 Å². The van der Waals surface area contributed by atoms with E-state index >= 15 is 0 Å². The molecule has 0 saturated carbocycles. The lowest BCUT2D eigenvalue weighted by atomic mass is 9.97. The van der Waals surface area contributed by atoms with Crippen LogP contribution in [0, 0.1) is 10.1 Å². The van der Waals surface area contributed by atoms with Gasteiger partial charge in [-0.25, -0.2) is 4.79 Å². The number of fused-ring (bicyclic) bond motifs is 1. The van der Waals surface area contributed by atoms with Crippen molar-refractivity contribution in [3.8, 4) is 0 Å². The van der Waals surface area contributed by atoms with E-state index in [2.05, 4.69) is 10.3 Å². The third kappa shape index (κ3) is 4.96. The predicted octanol–water partition coefficient (Wildman–Crippen LogP) is 2.94. The van der Waals surface area contributed by atoms with Crippen LogP contribution in [0.5, 0.6) is 0 Å². The molecule has 2 aromatic rings. The van der Waals surface area contributed by atoms with Crippen molar-refractivity contribution < 1.29 is 14.5 Å². The highest BCUT2D eigenvalue weighted by molar-refractivity contribution is 8.00. The highest BCUT2D eigenvalue weighted by Gasteiger charge is 2.24. The molecule has 1 aliphatic heterocycles. The number of hydrogen-bond donors (Lipinski definition) is 1. The number of carbonyl (C=O) groups is 1. The molecule has 10 heteroatoms. The molecule has 0 bridgehead atoms. The summed E-state index contributed by atoms with van der Waals surface area (Å²) in [6, 6.07) is 6.01. The lowest BCUT2D eigenvalue weighted by Gasteiger charge is -2.24. The fraction of sp³-hybridized carbons (Fsp3) is 0.476. The second-order valence-corrected chi connectivity index (χ2v) is 8.65. The van der Waals surface area contributed by atoms with Gasteiger partial charge in [0.15, 0.2) is 0 Å². The lowest BCUT2D eigenvalue weighted by molar-refractivity contribution is -0.383. The number of carbonyl (C=O) groups excluding carboxylic acids is 1. The van der Waals surface area contributed by atoms with Crippen LogP contribution in [0.25, 0.3) is 0 Å². The summed E-state index contributed by atoms with van der Waals surface area (Å²) in [7, 11) is 0. The molecular weight excluding hydrogens is 420 g/mol. The number of anilines is 1. The number of aromatic nitrogens is 2. The Morgan fingerprint density at radius 1 is 1.29 bits per heavy atom. The number of thioether (sulfide) groups is 1. The van der Waals surface area contributed by atoms with Gasteiger partial charge in [0.1, 0.15) is 10.7 Å². The molecule has 9 nitrogen and oxygen atoms in total. The SMILES string of the molecule is O=C(CSc1nc(=O)n(CC2CCCO2)c2c1CCCC2)Nc1ccccc1[N+](=O)[O-]. The molecule has 31 heavy (non-hydrogen) atoms. The van der Waals surface area contributed by atoms with Gasteiger partial charge in [0.25, 0.3) is 5.69 Å². The molecule has 1 saturated heterocycles. The fourth-order valence-corrected chi connectivity index (χ4v) is 4.98. The first-order valence-electron chi connectivity index (χ1n) is 10.4. The number of nitrogens with zero attached hydrogens (tertiary/aromatic N) is 3. The maximum Gasteiger partial charge on any atom is 0.348 e. The zero-order valence-corrected chi connectivity index (χ0v) is 17.9. The average Bonchev–Trinajstić information content (AvgIpc) is 3.28. The molecule has 1 atom stereocenters. The summed E-state index contributed by atoms with van der Waals surface area (Å²) in [5.41, 5.74) is 1.72. The van der Waals surface area contributed by atoms with Crippen LogP contribution < -0.4 is 11.0 Å². The summed E-state index contributed by atoms with van der Waals surface area (Å²) in [5, 5.41) is 14.3. The maximum absolute atomic E-state index is 12.8. The third-order valence-electron chi connectivity index (χ3n) is 5.58. The van der Waals surface area contributed by atoms with Gasteiger partial charge in [0, 0.05) is 23.9 Å². The molecular formula is C21H24N4O5S. The van der Waals surface area contributed by atoms with E-state index in [0.717, 1.165) is 56.4 Å². The number of hydrogen-bond acceptors (Lipinski definition) is 7. The number of rotatable bonds is 7. The van der Waals surface area contributed by atoms with Gasteiger partial charge in [-0.3, -0.25) is 19.5 Å². The Balaban J connectivity index is 1.50. The quantitative estimate of drug-likeness (QED) is 0.302. The van der Waals surface area contributed by atoms with Gasteiger partial charge in [0.05, 0.1) is 23.3 Å². The summed E-state index contributed by atoms with van der Waals surface area (Å²) < 4.78 is 7.45. The minimum Gasteiger partial charge on any atom is -0.376 e. The summed E-state index contributed by atoms with van der Waals surface area (Å²) in [6.45, 7) is 1.26. The Kier molecular flexibility index (Phi) is 6.67. The first-order chi connectivity index (χ1) is 15.0. The van der Waals surface area contributed by atoms with E-state index in [0.29, 0.717) is 11.6 Å². The summed E-state index contributed by atoms with van der Waals surface area (Å²) in [4.78, 5) is 40.1. The van der Waals surface area contributed by atoms with Crippen molar-refractivity contribution in [3.63, 3.8) is 0 Å². The Morgan fingerprint density at radius 2 is 2.10 bits per heavy atom. The van der Waals surface area contributed by atoms with E-state index < -0.39 is 4.92 Å². The van der Waals surface area contributed by atoms with Crippen molar-refractivity contribution >= 4 is 29.0 Å². The molecule has 1 aromatic heterocycles. The molecule has 4 rings (SSSR count). The second-order valence-electron chi connectivity index (χ2n) is 7.69. The standard InChI is InChI=1S/C21H24N4O5S/c26-19(22-16-8-2-4-10-18(16)25(28)29)13-31-20-15-7-1-3-9-17(15)24(21(27)23-20)12-14-6-5-11-30-14/h2,4,8,10,14H,1,3,5-7,9,11-13H2,(H,22,26). The van der Waals surface area contributed by atoms with E-state index in [1.54, 1.807) is 16.7 Å². The molecule has 1 N–H and O–H groups in total. The van der Waals surface area contributed by atoms with Crippen molar-refractivity contribution in [1.82, 2.24) is 9.55 Å². The number of benzene rings is 1. The van der Waals surface area contributed by atoms with Crippen molar-refractivity contribution in [1.29, 1.82) is 0 Å². The van der Waals surface area contributed by atoms with Gasteiger partial charge in [-0.15, -0.1) is 0 Å². The van der Waals surface area contributed by atoms with E-state index in [1.165, 1.54) is 23.9 Å². The topological polar surface area (TPSA) is 116 Å². The average molecular weight is 445 g/mol. The Labute approximate surface area is 183 Å². The number of nitrogens with one attached hydrogen (secondary N) is 1. The van der Waals surface area contributed by atoms with Crippen LogP contribution >= 0.6 is 11.8 Å². The van der Waals surface area contributed by atoms with Crippen molar-refractivity contribution in [2.24, 2.45) is 0 Å². The fourth-order valence-electron chi connectivity index (χ4n) is 4.11. The van der Waals surface area contributed by atoms with Gasteiger partial charge < -0.3 is 10.1 Å². The summed E-state index contributed by atoms with van der Waals surface area (Å²) in [5.74, 6) is -0.366. The lowest BCUT2D eigenvalue weighted by Crippen LogP contribution is -2.34. The normalized spacial score (nSPS) is 17.9. The van der Waals surface area contributed by atoms with Gasteiger partial charge in [-0.2, -0.15) is 4.98 Å². The minimum atomic E-state index is -0.533. The third-order valence-corrected chi connectivity index (χ3v) is 6.59. The monoisotopic (exact) mass is 444 g/mol.